The highest BCUT2D eigenvalue weighted by atomic mass is 16.5. The number of hydrogen-bond acceptors (Lipinski definition) is 14. The first-order valence-electron chi connectivity index (χ1n) is 42.0. The van der Waals surface area contributed by atoms with Gasteiger partial charge < -0.3 is 92.7 Å². The topological polar surface area (TPSA) is 406 Å². The van der Waals surface area contributed by atoms with Crippen molar-refractivity contribution in [1.82, 2.24) is 62.5 Å². The molecule has 0 bridgehead atoms. The number of para-hydroxylation sites is 4. The number of aromatic nitrogens is 4. The molecule has 5 aliphatic rings. The first kappa shape index (κ1) is 86.6. The van der Waals surface area contributed by atoms with Gasteiger partial charge in [0.15, 0.2) is 0 Å². The number of aliphatic hydroxyl groups is 5. The average Bonchev–Trinajstić information content (AvgIpc) is 1.98. The van der Waals surface area contributed by atoms with Crippen LogP contribution < -0.4 is 42.5 Å². The van der Waals surface area contributed by atoms with Crippen LogP contribution in [0.5, 0.6) is 0 Å². The van der Waals surface area contributed by atoms with Crippen molar-refractivity contribution in [3.8, 4) is 45.0 Å². The summed E-state index contributed by atoms with van der Waals surface area (Å²) in [6.45, 7) is 16.0. The van der Waals surface area contributed by atoms with Gasteiger partial charge in [0.1, 0.15) is 48.6 Å². The molecule has 0 radical (unpaired) electrons. The zero-order chi connectivity index (χ0) is 86.8. The molecule has 9 heterocycles. The molecule has 5 fully saturated rings. The van der Waals surface area contributed by atoms with Crippen LogP contribution >= 0.6 is 0 Å². The van der Waals surface area contributed by atoms with Gasteiger partial charge in [0.25, 0.3) is 0 Å². The number of carbonyl (C=O) groups is 8. The normalized spacial score (nSPS) is 19.8. The van der Waals surface area contributed by atoms with Crippen molar-refractivity contribution in [2.24, 2.45) is 0 Å². The maximum Gasteiger partial charge on any atom is 0.245 e. The Morgan fingerprint density at radius 1 is 0.423 bits per heavy atom. The number of aromatic amines is 4. The summed E-state index contributed by atoms with van der Waals surface area (Å²) in [5, 5.41) is 75.2. The Balaban J connectivity index is 0.000000134. The van der Waals surface area contributed by atoms with Crippen LogP contribution in [0.1, 0.15) is 123 Å². The van der Waals surface area contributed by atoms with Crippen LogP contribution in [0.3, 0.4) is 0 Å². The lowest BCUT2D eigenvalue weighted by Crippen LogP contribution is -2.45. The predicted molar refractivity (Wildman–Crippen MR) is 474 cm³/mol. The van der Waals surface area contributed by atoms with Gasteiger partial charge in [-0.1, -0.05) is 215 Å². The zero-order valence-corrected chi connectivity index (χ0v) is 69.5. The number of fused-ring (bicyclic) bond motifs is 4. The molecule has 26 nitrogen and oxygen atoms in total. The lowest BCUT2D eigenvalue weighted by atomic mass is 9.94. The Bertz CT molecular complexity index is 5870. The highest BCUT2D eigenvalue weighted by Gasteiger charge is 2.39. The third-order valence-corrected chi connectivity index (χ3v) is 23.5. The Morgan fingerprint density at radius 2 is 0.740 bits per heavy atom. The minimum absolute atomic E-state index is 0.143. The van der Waals surface area contributed by atoms with E-state index in [4.69, 9.17) is 4.74 Å². The van der Waals surface area contributed by atoms with E-state index in [0.29, 0.717) is 37.5 Å². The number of amides is 8. The van der Waals surface area contributed by atoms with E-state index in [1.165, 1.54) is 11.1 Å². The van der Waals surface area contributed by atoms with Crippen molar-refractivity contribution in [2.45, 2.75) is 158 Å². The maximum atomic E-state index is 12.6. The standard InChI is InChI=1S/C25H27N3O4.C24H27N3O4.C24H27N3O3.C24H25N3O3/c29-20-13-26-25(31)24(20)27-21(30)10-9-19-18-8-4-7-17(16-11-12-32-14-16)23(18)28-22(19)15-5-2-1-3-6-15;1-24(2,31)17-10-6-9-15-16(20(27-21(15)17)14-7-4-3-5-8-14)11-12-19(29)26-22-18(28)13-25-23(22)30;2*1-14(2)16-9-6-10-17-18(21(27-22(16)17)15-7-4-3-5-8-15)11-12-20(29)26-23-19(28)13-25-24(23)30/h1-8,16,20,24,28-29H,9-14H2,(H,26,31)(H,27,30);3-10,18,22,27-28,31H,11-13H2,1-2H3,(H,25,30)(H,26,29);3-10,14,19,23,27-28H,11-13H2,1-2H3,(H,25,30)(H,26,29);3-10,19,23,27-28H,1,11-13H2,2H3,(H,25,30)(H,26,29)/t16?,20-,24+;18-,22+;2*19-,23+/m1111/s1. The summed E-state index contributed by atoms with van der Waals surface area (Å²) in [7, 11) is 0. The zero-order valence-electron chi connectivity index (χ0n) is 69.5. The molecule has 5 aliphatic heterocycles. The molecule has 8 aromatic carbocycles. The van der Waals surface area contributed by atoms with E-state index >= 15 is 0 Å². The van der Waals surface area contributed by atoms with Crippen LogP contribution in [0, 0.1) is 0 Å². The number of nitrogens with one attached hydrogen (secondary N) is 12. The second-order valence-electron chi connectivity index (χ2n) is 32.9. The number of β-amino-alcohol motifs (C(OH)–C–C–N with tert-alkyl or cyclic N) is 4. The molecule has 0 aliphatic carbocycles. The van der Waals surface area contributed by atoms with Crippen molar-refractivity contribution in [3.05, 3.63) is 245 Å². The van der Waals surface area contributed by atoms with Crippen molar-refractivity contribution >= 4 is 96.4 Å². The van der Waals surface area contributed by atoms with E-state index in [2.05, 4.69) is 144 Å². The molecule has 5 saturated heterocycles. The monoisotopic (exact) mass is 1660 g/mol. The number of benzene rings is 8. The van der Waals surface area contributed by atoms with E-state index in [1.807, 2.05) is 140 Å². The van der Waals surface area contributed by atoms with Gasteiger partial charge in [-0.05, 0) is 120 Å². The lowest BCUT2D eigenvalue weighted by Gasteiger charge is -2.18. The van der Waals surface area contributed by atoms with E-state index in [1.54, 1.807) is 13.8 Å². The molecule has 26 heteroatoms. The third kappa shape index (κ3) is 19.7. The number of aryl methyl sites for hydroxylation is 4. The lowest BCUT2D eigenvalue weighted by molar-refractivity contribution is -0.128. The summed E-state index contributed by atoms with van der Waals surface area (Å²) < 4.78 is 5.62. The highest BCUT2D eigenvalue weighted by molar-refractivity contribution is 6.01. The van der Waals surface area contributed by atoms with Crippen molar-refractivity contribution in [3.63, 3.8) is 0 Å². The highest BCUT2D eigenvalue weighted by Crippen LogP contribution is 2.41. The van der Waals surface area contributed by atoms with Gasteiger partial charge in [0.05, 0.1) is 23.2 Å². The molecule has 17 N–H and O–H groups in total. The first-order valence-corrected chi connectivity index (χ1v) is 42.0. The van der Waals surface area contributed by atoms with Gasteiger partial charge >= 0.3 is 0 Å². The Labute approximate surface area is 711 Å². The fourth-order valence-electron chi connectivity index (χ4n) is 17.1. The molecule has 123 heavy (non-hydrogen) atoms. The van der Waals surface area contributed by atoms with Crippen LogP contribution in [0.15, 0.2) is 201 Å². The molecule has 12 aromatic rings. The van der Waals surface area contributed by atoms with Crippen molar-refractivity contribution < 1.29 is 68.6 Å². The molecule has 8 amide bonds. The number of ether oxygens (including phenoxy) is 1. The number of hydrogen-bond donors (Lipinski definition) is 17. The van der Waals surface area contributed by atoms with E-state index in [-0.39, 0.29) is 99.1 Å². The number of allylic oxidation sites excluding steroid dienone is 1. The second kappa shape index (κ2) is 38.5. The van der Waals surface area contributed by atoms with Gasteiger partial charge in [-0.2, -0.15) is 0 Å². The Morgan fingerprint density at radius 3 is 1.07 bits per heavy atom. The summed E-state index contributed by atoms with van der Waals surface area (Å²) in [5.41, 5.74) is 20.6. The van der Waals surface area contributed by atoms with Gasteiger partial charge in [0, 0.05) is 131 Å². The van der Waals surface area contributed by atoms with Crippen LogP contribution in [0.25, 0.3) is 94.2 Å². The summed E-state index contributed by atoms with van der Waals surface area (Å²) in [6, 6.07) is 61.0. The van der Waals surface area contributed by atoms with Crippen LogP contribution in [0.2, 0.25) is 0 Å². The summed E-state index contributed by atoms with van der Waals surface area (Å²) >= 11 is 0. The molecule has 1 unspecified atom stereocenters. The summed E-state index contributed by atoms with van der Waals surface area (Å²) in [5.74, 6) is -1.72. The maximum absolute atomic E-state index is 12.6. The SMILES string of the molecule is C=C(C)c1cccc2c(CCC(=O)N[C@@H]3C(=O)NC[C@H]3O)c(-c3ccccc3)[nH]c12.CC(C)(O)c1cccc2c(CCC(=O)N[C@@H]3C(=O)NC[C@H]3O)c(-c3ccccc3)[nH]c12.CC(C)c1cccc2c(CCC(=O)N[C@@H]3C(=O)NC[C@H]3O)c(-c3ccccc3)[nH]c12.O=C(CCc1c(-c2ccccc2)[nH]c2c(C3CCOC3)cccc12)N[C@@H]1C(=O)NC[C@H]1O. The quantitative estimate of drug-likeness (QED) is 0.0268. The Hall–Kier alpha value is -12.8. The number of H-pyrrole nitrogens is 4. The summed E-state index contributed by atoms with van der Waals surface area (Å²) in [6.07, 6.45) is 0.224. The molecule has 4 aromatic heterocycles. The van der Waals surface area contributed by atoms with Gasteiger partial charge in [0.2, 0.25) is 47.3 Å². The number of rotatable bonds is 24. The molecule has 9 atom stereocenters. The molecular weight excluding hydrogens is 1560 g/mol. The smallest absolute Gasteiger partial charge is 0.245 e. The molecular formula is C97H106N12O14. The van der Waals surface area contributed by atoms with Crippen LogP contribution in [-0.2, 0) is 74.4 Å². The molecule has 17 rings (SSSR count). The van der Waals surface area contributed by atoms with Gasteiger partial charge in [-0.15, -0.1) is 0 Å². The van der Waals surface area contributed by atoms with Crippen molar-refractivity contribution in [2.75, 3.05) is 39.4 Å². The number of aliphatic hydroxyl groups excluding tert-OH is 4. The number of carbonyl (C=O) groups excluding carboxylic acids is 8. The molecule has 0 saturated carbocycles. The third-order valence-electron chi connectivity index (χ3n) is 23.5. The van der Waals surface area contributed by atoms with E-state index in [9.17, 15) is 63.9 Å². The predicted octanol–water partition coefficient (Wildman–Crippen LogP) is 9.86. The van der Waals surface area contributed by atoms with Gasteiger partial charge in [-0.25, -0.2) is 0 Å². The van der Waals surface area contributed by atoms with Crippen molar-refractivity contribution in [1.29, 1.82) is 0 Å². The summed E-state index contributed by atoms with van der Waals surface area (Å²) in [4.78, 5) is 112. The fourth-order valence-corrected chi connectivity index (χ4v) is 17.1. The molecule has 0 spiro atoms. The van der Waals surface area contributed by atoms with Crippen LogP contribution in [0.4, 0.5) is 0 Å². The van der Waals surface area contributed by atoms with Crippen LogP contribution in [-0.4, -0.2) is 181 Å². The second-order valence-corrected chi connectivity index (χ2v) is 32.9. The molecule has 638 valence electrons. The first-order chi connectivity index (χ1) is 59.3. The van der Waals surface area contributed by atoms with E-state index < -0.39 is 54.2 Å². The van der Waals surface area contributed by atoms with Gasteiger partial charge in [-0.3, -0.25) is 38.4 Å². The largest absolute Gasteiger partial charge is 0.389 e. The average molecular weight is 1660 g/mol. The van der Waals surface area contributed by atoms with E-state index in [0.717, 1.165) is 147 Å². The minimum atomic E-state index is -1.03. The minimum Gasteiger partial charge on any atom is -0.389 e. The Kier molecular flexibility index (Phi) is 27.1. The fraction of sp³-hybridized carbons (Fsp3) is 0.320.